The lowest BCUT2D eigenvalue weighted by Crippen LogP contribution is -2.42. The van der Waals surface area contributed by atoms with E-state index in [2.05, 4.69) is 18.4 Å². The second-order valence-corrected chi connectivity index (χ2v) is 5.22. The molecule has 0 spiro atoms. The van der Waals surface area contributed by atoms with Crippen LogP contribution >= 0.6 is 11.8 Å². The Morgan fingerprint density at radius 2 is 2.19 bits per heavy atom. The summed E-state index contributed by atoms with van der Waals surface area (Å²) in [6.07, 6.45) is 5.78. The number of ether oxygens (including phenoxy) is 1. The highest BCUT2D eigenvalue weighted by atomic mass is 32.2. The first kappa shape index (κ1) is 11.8. The van der Waals surface area contributed by atoms with E-state index in [1.54, 1.807) is 18.9 Å². The first-order chi connectivity index (χ1) is 7.77. The second-order valence-electron chi connectivity index (χ2n) is 4.38. The fourth-order valence-corrected chi connectivity index (χ4v) is 3.27. The molecular formula is C13H19NOS. The molecule has 1 saturated carbocycles. The van der Waals surface area contributed by atoms with E-state index in [1.807, 2.05) is 6.07 Å². The SMILES string of the molecule is COc1cccc(SC)c1C1(CN)CCC1. The van der Waals surface area contributed by atoms with E-state index in [9.17, 15) is 0 Å². The van der Waals surface area contributed by atoms with Gasteiger partial charge in [0.05, 0.1) is 7.11 Å². The van der Waals surface area contributed by atoms with Gasteiger partial charge in [-0.2, -0.15) is 0 Å². The highest BCUT2D eigenvalue weighted by molar-refractivity contribution is 7.98. The lowest BCUT2D eigenvalue weighted by Gasteiger charge is -2.43. The molecule has 1 aromatic carbocycles. The molecule has 0 bridgehead atoms. The van der Waals surface area contributed by atoms with E-state index in [4.69, 9.17) is 10.5 Å². The van der Waals surface area contributed by atoms with Gasteiger partial charge in [-0.3, -0.25) is 0 Å². The first-order valence-corrected chi connectivity index (χ1v) is 6.91. The molecule has 88 valence electrons. The summed E-state index contributed by atoms with van der Waals surface area (Å²) in [7, 11) is 1.74. The summed E-state index contributed by atoms with van der Waals surface area (Å²) in [6.45, 7) is 0.723. The summed E-state index contributed by atoms with van der Waals surface area (Å²) in [6, 6.07) is 6.26. The molecule has 0 radical (unpaired) electrons. The van der Waals surface area contributed by atoms with Crippen LogP contribution in [0.15, 0.2) is 23.1 Å². The second kappa shape index (κ2) is 4.68. The minimum Gasteiger partial charge on any atom is -0.496 e. The molecule has 0 atom stereocenters. The molecule has 0 aromatic heterocycles. The van der Waals surface area contributed by atoms with Crippen LogP contribution in [-0.2, 0) is 5.41 Å². The Bertz CT molecular complexity index is 346. The van der Waals surface area contributed by atoms with Crippen molar-refractivity contribution in [3.05, 3.63) is 23.8 Å². The van der Waals surface area contributed by atoms with Crippen LogP contribution in [0.2, 0.25) is 0 Å². The molecule has 2 nitrogen and oxygen atoms in total. The third kappa shape index (κ3) is 1.72. The average Bonchev–Trinajstić information content (AvgIpc) is 2.28. The molecule has 1 fully saturated rings. The monoisotopic (exact) mass is 237 g/mol. The zero-order valence-electron chi connectivity index (χ0n) is 9.95. The third-order valence-electron chi connectivity index (χ3n) is 3.66. The van der Waals surface area contributed by atoms with Crippen molar-refractivity contribution in [3.8, 4) is 5.75 Å². The number of hydrogen-bond acceptors (Lipinski definition) is 3. The van der Waals surface area contributed by atoms with Gasteiger partial charge < -0.3 is 10.5 Å². The number of nitrogens with two attached hydrogens (primary N) is 1. The van der Waals surface area contributed by atoms with E-state index in [0.29, 0.717) is 0 Å². The highest BCUT2D eigenvalue weighted by Crippen LogP contribution is 2.49. The Balaban J connectivity index is 2.51. The van der Waals surface area contributed by atoms with Gasteiger partial charge in [0.1, 0.15) is 5.75 Å². The van der Waals surface area contributed by atoms with Crippen LogP contribution in [-0.4, -0.2) is 19.9 Å². The van der Waals surface area contributed by atoms with Gasteiger partial charge >= 0.3 is 0 Å². The van der Waals surface area contributed by atoms with Crippen molar-refractivity contribution in [2.45, 2.75) is 29.6 Å². The predicted molar refractivity (Wildman–Crippen MR) is 69.4 cm³/mol. The minimum atomic E-state index is 0.172. The number of methoxy groups -OCH3 is 1. The number of hydrogen-bond donors (Lipinski definition) is 1. The summed E-state index contributed by atoms with van der Waals surface area (Å²) in [5.74, 6) is 0.997. The number of thioether (sulfide) groups is 1. The quantitative estimate of drug-likeness (QED) is 0.818. The fourth-order valence-electron chi connectivity index (χ4n) is 2.53. The smallest absolute Gasteiger partial charge is 0.123 e. The highest BCUT2D eigenvalue weighted by Gasteiger charge is 2.40. The van der Waals surface area contributed by atoms with Crippen molar-refractivity contribution >= 4 is 11.8 Å². The van der Waals surface area contributed by atoms with Crippen LogP contribution in [0.3, 0.4) is 0 Å². The molecule has 16 heavy (non-hydrogen) atoms. The zero-order chi connectivity index (χ0) is 11.6. The Hall–Kier alpha value is -0.670. The van der Waals surface area contributed by atoms with Crippen LogP contribution in [0.4, 0.5) is 0 Å². The maximum Gasteiger partial charge on any atom is 0.123 e. The van der Waals surface area contributed by atoms with Crippen LogP contribution in [0.5, 0.6) is 5.75 Å². The zero-order valence-corrected chi connectivity index (χ0v) is 10.8. The number of rotatable bonds is 4. The van der Waals surface area contributed by atoms with Crippen LogP contribution in [0, 0.1) is 0 Å². The van der Waals surface area contributed by atoms with Crippen molar-refractivity contribution in [1.29, 1.82) is 0 Å². The van der Waals surface area contributed by atoms with Crippen molar-refractivity contribution in [2.24, 2.45) is 5.73 Å². The maximum absolute atomic E-state index is 5.98. The Morgan fingerprint density at radius 1 is 1.44 bits per heavy atom. The summed E-state index contributed by atoms with van der Waals surface area (Å²) < 4.78 is 5.50. The van der Waals surface area contributed by atoms with Gasteiger partial charge in [-0.1, -0.05) is 12.5 Å². The van der Waals surface area contributed by atoms with Gasteiger partial charge in [-0.15, -0.1) is 11.8 Å². The lowest BCUT2D eigenvalue weighted by atomic mass is 9.64. The first-order valence-electron chi connectivity index (χ1n) is 5.69. The van der Waals surface area contributed by atoms with E-state index in [-0.39, 0.29) is 5.41 Å². The van der Waals surface area contributed by atoms with E-state index < -0.39 is 0 Å². The molecule has 0 amide bonds. The lowest BCUT2D eigenvalue weighted by molar-refractivity contribution is 0.239. The van der Waals surface area contributed by atoms with Crippen molar-refractivity contribution < 1.29 is 4.74 Å². The summed E-state index contributed by atoms with van der Waals surface area (Å²) in [5, 5.41) is 0. The molecule has 1 aliphatic carbocycles. The molecule has 1 aromatic rings. The van der Waals surface area contributed by atoms with Gasteiger partial charge in [0.25, 0.3) is 0 Å². The molecular weight excluding hydrogens is 218 g/mol. The molecule has 3 heteroatoms. The molecule has 0 aliphatic heterocycles. The summed E-state index contributed by atoms with van der Waals surface area (Å²) in [4.78, 5) is 1.31. The van der Waals surface area contributed by atoms with E-state index in [0.717, 1.165) is 12.3 Å². The Kier molecular flexibility index (Phi) is 3.45. The molecule has 2 N–H and O–H groups in total. The normalized spacial score (nSPS) is 17.9. The maximum atomic E-state index is 5.98. The predicted octanol–water partition coefficient (Wildman–Crippen LogP) is 2.80. The molecule has 0 saturated heterocycles. The molecule has 0 unspecified atom stereocenters. The standard InChI is InChI=1S/C13H19NOS/c1-15-10-5-3-6-11(16-2)12(10)13(9-14)7-4-8-13/h3,5-6H,4,7-9,14H2,1-2H3. The Morgan fingerprint density at radius 3 is 2.62 bits per heavy atom. The minimum absolute atomic E-state index is 0.172. The van der Waals surface area contributed by atoms with E-state index in [1.165, 1.54) is 29.7 Å². The fraction of sp³-hybridized carbons (Fsp3) is 0.538. The van der Waals surface area contributed by atoms with Crippen molar-refractivity contribution in [1.82, 2.24) is 0 Å². The molecule has 2 rings (SSSR count). The van der Waals surface area contributed by atoms with Gasteiger partial charge in [-0.05, 0) is 31.2 Å². The van der Waals surface area contributed by atoms with Gasteiger partial charge in [0.15, 0.2) is 0 Å². The van der Waals surface area contributed by atoms with Crippen molar-refractivity contribution in [2.75, 3.05) is 19.9 Å². The van der Waals surface area contributed by atoms with Gasteiger partial charge in [0.2, 0.25) is 0 Å². The molecule has 1 aliphatic rings. The third-order valence-corrected chi connectivity index (χ3v) is 4.44. The topological polar surface area (TPSA) is 35.2 Å². The molecule has 0 heterocycles. The summed E-state index contributed by atoms with van der Waals surface area (Å²) in [5.41, 5.74) is 7.49. The van der Waals surface area contributed by atoms with E-state index >= 15 is 0 Å². The summed E-state index contributed by atoms with van der Waals surface area (Å²) >= 11 is 1.78. The van der Waals surface area contributed by atoms with Crippen molar-refractivity contribution in [3.63, 3.8) is 0 Å². The van der Waals surface area contributed by atoms with Crippen LogP contribution in [0.1, 0.15) is 24.8 Å². The van der Waals surface area contributed by atoms with Crippen LogP contribution in [0.25, 0.3) is 0 Å². The average molecular weight is 237 g/mol. The van der Waals surface area contributed by atoms with Crippen LogP contribution < -0.4 is 10.5 Å². The van der Waals surface area contributed by atoms with Gasteiger partial charge in [-0.25, -0.2) is 0 Å². The van der Waals surface area contributed by atoms with Gasteiger partial charge in [0, 0.05) is 22.4 Å². The number of benzene rings is 1. The Labute approximate surface area is 102 Å². The largest absolute Gasteiger partial charge is 0.496 e.